The third-order valence-electron chi connectivity index (χ3n) is 4.49. The SMILES string of the molecule is CSSC(C)(C)C(C)CCC(C)CC(C)C(C)C. The Morgan fingerprint density at radius 3 is 1.94 bits per heavy atom. The molecule has 0 amide bonds. The monoisotopic (exact) mass is 290 g/mol. The van der Waals surface area contributed by atoms with Crippen molar-refractivity contribution in [3.8, 4) is 0 Å². The van der Waals surface area contributed by atoms with E-state index in [1.165, 1.54) is 19.3 Å². The summed E-state index contributed by atoms with van der Waals surface area (Å²) in [5.41, 5.74) is 0. The summed E-state index contributed by atoms with van der Waals surface area (Å²) in [6, 6.07) is 0. The van der Waals surface area contributed by atoms with E-state index in [4.69, 9.17) is 0 Å². The number of hydrogen-bond donors (Lipinski definition) is 0. The molecule has 2 heteroatoms. The van der Waals surface area contributed by atoms with Gasteiger partial charge in [-0.3, -0.25) is 0 Å². The highest BCUT2D eigenvalue weighted by Crippen LogP contribution is 2.41. The van der Waals surface area contributed by atoms with Gasteiger partial charge in [-0.05, 0) is 56.6 Å². The first-order valence-electron chi connectivity index (χ1n) is 7.42. The summed E-state index contributed by atoms with van der Waals surface area (Å²) in [5, 5.41) is 0. The van der Waals surface area contributed by atoms with E-state index in [1.807, 2.05) is 21.6 Å². The van der Waals surface area contributed by atoms with Crippen LogP contribution < -0.4 is 0 Å². The van der Waals surface area contributed by atoms with E-state index < -0.39 is 0 Å². The number of hydrogen-bond acceptors (Lipinski definition) is 2. The third-order valence-corrected chi connectivity index (χ3v) is 7.28. The quantitative estimate of drug-likeness (QED) is 0.444. The molecule has 0 aliphatic carbocycles. The van der Waals surface area contributed by atoms with E-state index in [9.17, 15) is 0 Å². The molecule has 0 aromatic heterocycles. The van der Waals surface area contributed by atoms with Crippen LogP contribution in [0.3, 0.4) is 0 Å². The van der Waals surface area contributed by atoms with E-state index in [-0.39, 0.29) is 0 Å². The molecule has 0 nitrogen and oxygen atoms in total. The van der Waals surface area contributed by atoms with Crippen molar-refractivity contribution >= 4 is 21.6 Å². The van der Waals surface area contributed by atoms with E-state index in [0.717, 1.165) is 23.7 Å². The molecule has 0 aromatic rings. The van der Waals surface area contributed by atoms with Crippen molar-refractivity contribution in [1.29, 1.82) is 0 Å². The van der Waals surface area contributed by atoms with Crippen molar-refractivity contribution < 1.29 is 0 Å². The molecule has 0 saturated carbocycles. The second-order valence-corrected chi connectivity index (χ2v) is 9.95. The van der Waals surface area contributed by atoms with Crippen molar-refractivity contribution in [2.24, 2.45) is 23.7 Å². The van der Waals surface area contributed by atoms with Gasteiger partial charge in [-0.15, -0.1) is 0 Å². The van der Waals surface area contributed by atoms with Gasteiger partial charge in [-0.25, -0.2) is 0 Å². The van der Waals surface area contributed by atoms with Gasteiger partial charge in [0, 0.05) is 4.75 Å². The largest absolute Gasteiger partial charge is 0.0970 e. The summed E-state index contributed by atoms with van der Waals surface area (Å²) < 4.78 is 0.406. The first kappa shape index (κ1) is 18.7. The fourth-order valence-electron chi connectivity index (χ4n) is 2.20. The van der Waals surface area contributed by atoms with E-state index in [1.54, 1.807) is 0 Å². The van der Waals surface area contributed by atoms with E-state index in [2.05, 4.69) is 54.7 Å². The van der Waals surface area contributed by atoms with Gasteiger partial charge in [-0.1, -0.05) is 62.6 Å². The Morgan fingerprint density at radius 1 is 0.944 bits per heavy atom. The first-order valence-corrected chi connectivity index (χ1v) is 9.98. The highest BCUT2D eigenvalue weighted by molar-refractivity contribution is 8.76. The third kappa shape index (κ3) is 7.33. The van der Waals surface area contributed by atoms with Crippen molar-refractivity contribution in [2.75, 3.05) is 6.26 Å². The lowest BCUT2D eigenvalue weighted by Crippen LogP contribution is -2.24. The van der Waals surface area contributed by atoms with Crippen molar-refractivity contribution in [3.63, 3.8) is 0 Å². The Labute approximate surface area is 124 Å². The number of rotatable bonds is 9. The standard InChI is InChI=1S/C16H34S2/c1-12(2)14(4)11-13(3)9-10-15(5)16(6,7)18-17-8/h12-15H,9-11H2,1-8H3. The van der Waals surface area contributed by atoms with Gasteiger partial charge in [0.15, 0.2) is 0 Å². The van der Waals surface area contributed by atoms with Gasteiger partial charge in [0.1, 0.15) is 0 Å². The molecule has 0 radical (unpaired) electrons. The average Bonchev–Trinajstić information content (AvgIpc) is 2.25. The summed E-state index contributed by atoms with van der Waals surface area (Å²) in [4.78, 5) is 0. The van der Waals surface area contributed by atoms with Crippen LogP contribution in [0.4, 0.5) is 0 Å². The predicted molar refractivity (Wildman–Crippen MR) is 91.4 cm³/mol. The summed E-state index contributed by atoms with van der Waals surface area (Å²) in [6.07, 6.45) is 6.33. The van der Waals surface area contributed by atoms with Crippen LogP contribution in [0.25, 0.3) is 0 Å². The Balaban J connectivity index is 4.01. The van der Waals surface area contributed by atoms with Gasteiger partial charge in [0.2, 0.25) is 0 Å². The molecule has 0 fully saturated rings. The molecule has 0 saturated heterocycles. The van der Waals surface area contributed by atoms with Crippen LogP contribution in [-0.2, 0) is 0 Å². The lowest BCUT2D eigenvalue weighted by atomic mass is 9.83. The zero-order valence-corrected chi connectivity index (χ0v) is 15.4. The van der Waals surface area contributed by atoms with Crippen LogP contribution in [0, 0.1) is 23.7 Å². The fraction of sp³-hybridized carbons (Fsp3) is 1.00. The molecule has 0 N–H and O–H groups in total. The molecule has 110 valence electrons. The minimum absolute atomic E-state index is 0.406. The molecule has 0 aliphatic rings. The lowest BCUT2D eigenvalue weighted by molar-refractivity contribution is 0.297. The Hall–Kier alpha value is 0.700. The normalized spacial score (nSPS) is 17.8. The van der Waals surface area contributed by atoms with Gasteiger partial charge in [0.05, 0.1) is 0 Å². The average molecular weight is 291 g/mol. The molecule has 3 unspecified atom stereocenters. The highest BCUT2D eigenvalue weighted by atomic mass is 33.1. The smallest absolute Gasteiger partial charge is 0.0232 e. The van der Waals surface area contributed by atoms with Crippen LogP contribution in [0.2, 0.25) is 0 Å². The maximum atomic E-state index is 2.43. The molecule has 18 heavy (non-hydrogen) atoms. The van der Waals surface area contributed by atoms with Gasteiger partial charge < -0.3 is 0 Å². The highest BCUT2D eigenvalue weighted by Gasteiger charge is 2.26. The maximum Gasteiger partial charge on any atom is 0.0232 e. The Morgan fingerprint density at radius 2 is 1.50 bits per heavy atom. The molecular weight excluding hydrogens is 256 g/mol. The van der Waals surface area contributed by atoms with Crippen LogP contribution in [0.15, 0.2) is 0 Å². The predicted octanol–water partition coefficient (Wildman–Crippen LogP) is 6.51. The Kier molecular flexibility index (Phi) is 9.13. The second-order valence-electron chi connectivity index (χ2n) is 6.89. The molecule has 0 rings (SSSR count). The molecule has 0 spiro atoms. The van der Waals surface area contributed by atoms with Crippen molar-refractivity contribution in [2.45, 2.75) is 72.5 Å². The first-order chi connectivity index (χ1) is 8.20. The topological polar surface area (TPSA) is 0 Å². The zero-order valence-electron chi connectivity index (χ0n) is 13.7. The molecule has 0 heterocycles. The molecule has 3 atom stereocenters. The van der Waals surface area contributed by atoms with E-state index >= 15 is 0 Å². The van der Waals surface area contributed by atoms with Crippen LogP contribution in [0.1, 0.15) is 67.7 Å². The summed E-state index contributed by atoms with van der Waals surface area (Å²) in [6.45, 7) is 16.7. The fourth-order valence-corrected chi connectivity index (χ4v) is 4.70. The van der Waals surface area contributed by atoms with Crippen molar-refractivity contribution in [1.82, 2.24) is 0 Å². The molecular formula is C16H34S2. The summed E-state index contributed by atoms with van der Waals surface area (Å²) in [5.74, 6) is 3.36. The lowest BCUT2D eigenvalue weighted by Gasteiger charge is -2.31. The van der Waals surface area contributed by atoms with Crippen LogP contribution >= 0.6 is 21.6 Å². The second kappa shape index (κ2) is 8.79. The van der Waals surface area contributed by atoms with Gasteiger partial charge >= 0.3 is 0 Å². The van der Waals surface area contributed by atoms with Crippen LogP contribution in [-0.4, -0.2) is 11.0 Å². The Bertz CT molecular complexity index is 211. The van der Waals surface area contributed by atoms with Gasteiger partial charge in [-0.2, -0.15) is 0 Å². The van der Waals surface area contributed by atoms with Crippen molar-refractivity contribution in [3.05, 3.63) is 0 Å². The summed E-state index contributed by atoms with van der Waals surface area (Å²) >= 11 is 0. The maximum absolute atomic E-state index is 2.43. The van der Waals surface area contributed by atoms with Crippen LogP contribution in [0.5, 0.6) is 0 Å². The van der Waals surface area contributed by atoms with E-state index in [0.29, 0.717) is 4.75 Å². The minimum Gasteiger partial charge on any atom is -0.0970 e. The molecule has 0 aromatic carbocycles. The molecule has 0 aliphatic heterocycles. The zero-order chi connectivity index (χ0) is 14.3. The minimum atomic E-state index is 0.406. The summed E-state index contributed by atoms with van der Waals surface area (Å²) in [7, 11) is 3.93. The van der Waals surface area contributed by atoms with Gasteiger partial charge in [0.25, 0.3) is 0 Å². The molecule has 0 bridgehead atoms.